The highest BCUT2D eigenvalue weighted by Gasteiger charge is 2.16. The van der Waals surface area contributed by atoms with Gasteiger partial charge in [0.25, 0.3) is 0 Å². The lowest BCUT2D eigenvalue weighted by Crippen LogP contribution is -2.13. The molecule has 2 aromatic carbocycles. The summed E-state index contributed by atoms with van der Waals surface area (Å²) in [6.45, 7) is 11.0. The molecule has 0 heterocycles. The van der Waals surface area contributed by atoms with Gasteiger partial charge in [0, 0.05) is 20.2 Å². The smallest absolute Gasteiger partial charge is 0.332 e. The van der Waals surface area contributed by atoms with E-state index in [9.17, 15) is 18.7 Å². The molecule has 2 rings (SSSR count). The van der Waals surface area contributed by atoms with Crippen LogP contribution >= 0.6 is 37.5 Å². The highest BCUT2D eigenvalue weighted by atomic mass is 127. The molecule has 8 nitrogen and oxygen atoms in total. The second-order valence-electron chi connectivity index (χ2n) is 7.88. The summed E-state index contributed by atoms with van der Waals surface area (Å²) >= 11 is 2.14. The van der Waals surface area contributed by atoms with E-state index in [0.717, 1.165) is 20.4 Å². The van der Waals surface area contributed by atoms with Crippen molar-refractivity contribution in [3.05, 3.63) is 51.1 Å². The molecule has 0 fully saturated rings. The molecule has 0 spiro atoms. The minimum absolute atomic E-state index is 0.182. The van der Waals surface area contributed by atoms with E-state index in [-0.39, 0.29) is 18.4 Å². The van der Waals surface area contributed by atoms with Crippen LogP contribution in [0.1, 0.15) is 25.0 Å². The zero-order valence-electron chi connectivity index (χ0n) is 21.2. The molecule has 0 aliphatic carbocycles. The van der Waals surface area contributed by atoms with Gasteiger partial charge in [0.2, 0.25) is 0 Å². The molecular weight excluding hydrogens is 601 g/mol. The van der Waals surface area contributed by atoms with E-state index in [1.54, 1.807) is 64.8 Å². The summed E-state index contributed by atoms with van der Waals surface area (Å²) in [4.78, 5) is 22.5. The normalized spacial score (nSPS) is 10.1. The minimum atomic E-state index is -2.42. The van der Waals surface area contributed by atoms with Crippen molar-refractivity contribution in [2.24, 2.45) is 0 Å². The highest BCUT2D eigenvalue weighted by Crippen LogP contribution is 2.37. The molecule has 0 saturated carbocycles. The maximum Gasteiger partial charge on any atom is 0.332 e. The summed E-state index contributed by atoms with van der Waals surface area (Å²) in [6, 6.07) is 10.7. The molecule has 194 valence electrons. The molecule has 0 amide bonds. The van der Waals surface area contributed by atoms with Crippen LogP contribution in [-0.2, 0) is 41.0 Å². The first kappa shape index (κ1) is 33.0. The van der Waals surface area contributed by atoms with Gasteiger partial charge in [-0.25, -0.2) is 0 Å². The fourth-order valence-corrected chi connectivity index (χ4v) is 4.36. The van der Waals surface area contributed by atoms with Crippen LogP contribution < -0.4 is 16.8 Å². The van der Waals surface area contributed by atoms with Gasteiger partial charge in [-0.05, 0) is 85.2 Å². The molecule has 0 atom stereocenters. The van der Waals surface area contributed by atoms with Gasteiger partial charge in [0.1, 0.15) is 20.5 Å². The maximum atomic E-state index is 12.0. The third-order valence-corrected chi connectivity index (χ3v) is 6.53. The number of nitrogen functional groups attached to an aromatic ring is 2. The summed E-state index contributed by atoms with van der Waals surface area (Å²) in [5.74, 6) is -0.488. The largest absolute Gasteiger partial charge is 0.466 e. The number of carbonyl (C=O) groups is 2. The fraction of sp³-hybridized carbons (Fsp3) is 0.417. The van der Waals surface area contributed by atoms with Gasteiger partial charge in [-0.1, -0.05) is 16.7 Å². The van der Waals surface area contributed by atoms with E-state index in [1.165, 1.54) is 0 Å². The number of benzene rings is 2. The number of rotatable bonds is 7. The number of esters is 2. The number of hydrogen-bond acceptors (Lipinski definition) is 8. The van der Waals surface area contributed by atoms with Gasteiger partial charge in [-0.2, -0.15) is 0 Å². The highest BCUT2D eigenvalue weighted by molar-refractivity contribution is 14.1. The second-order valence-corrected chi connectivity index (χ2v) is 13.8. The monoisotopic (exact) mass is 637 g/mol. The summed E-state index contributed by atoms with van der Waals surface area (Å²) in [5, 5.41) is 0.624. The lowest BCUT2D eigenvalue weighted by molar-refractivity contribution is -0.143. The topological polar surface area (TPSA) is 139 Å². The SMILES string of the molecule is CCOC(=O)Cc1ccc(N)c(I)c1.CCOC(=O)Cc1ccc(N)c(P(C)(C)=O)c1.C[P+](C)=O. The zero-order chi connectivity index (χ0) is 27.2. The van der Waals surface area contributed by atoms with Gasteiger partial charge in [-0.3, -0.25) is 9.59 Å². The first-order chi connectivity index (χ1) is 16.2. The predicted octanol–water partition coefficient (Wildman–Crippen LogP) is 4.67. The third kappa shape index (κ3) is 14.9. The van der Waals surface area contributed by atoms with Crippen LogP contribution in [0.15, 0.2) is 36.4 Å². The van der Waals surface area contributed by atoms with E-state index in [4.69, 9.17) is 20.9 Å². The number of ether oxygens (including phenoxy) is 2. The predicted molar refractivity (Wildman–Crippen MR) is 154 cm³/mol. The quantitative estimate of drug-likeness (QED) is 0.193. The fourth-order valence-electron chi connectivity index (χ4n) is 2.60. The molecule has 0 aromatic heterocycles. The Kier molecular flexibility index (Phi) is 15.7. The lowest BCUT2D eigenvalue weighted by atomic mass is 10.1. The summed E-state index contributed by atoms with van der Waals surface area (Å²) < 4.78 is 32.3. The molecule has 4 N–H and O–H groups in total. The molecule has 0 bridgehead atoms. The van der Waals surface area contributed by atoms with Crippen molar-refractivity contribution in [3.8, 4) is 0 Å². The van der Waals surface area contributed by atoms with Crippen molar-refractivity contribution < 1.29 is 28.2 Å². The Morgan fingerprint density at radius 1 is 0.886 bits per heavy atom. The Morgan fingerprint density at radius 3 is 1.66 bits per heavy atom. The van der Waals surface area contributed by atoms with Crippen LogP contribution in [0, 0.1) is 3.57 Å². The van der Waals surface area contributed by atoms with Gasteiger partial charge >= 0.3 is 19.7 Å². The van der Waals surface area contributed by atoms with Gasteiger partial charge in [0.05, 0.1) is 26.1 Å². The van der Waals surface area contributed by atoms with Crippen LogP contribution in [0.5, 0.6) is 0 Å². The number of anilines is 2. The number of halogens is 1. The molecule has 0 aliphatic heterocycles. The number of hydrogen-bond donors (Lipinski definition) is 2. The van der Waals surface area contributed by atoms with E-state index in [2.05, 4.69) is 22.6 Å². The van der Waals surface area contributed by atoms with Crippen molar-refractivity contribution in [1.82, 2.24) is 0 Å². The molecule has 35 heavy (non-hydrogen) atoms. The Balaban J connectivity index is 0.000000581. The van der Waals surface area contributed by atoms with Crippen LogP contribution in [0.25, 0.3) is 0 Å². The van der Waals surface area contributed by atoms with Crippen molar-refractivity contribution in [3.63, 3.8) is 0 Å². The maximum absolute atomic E-state index is 12.0. The van der Waals surface area contributed by atoms with E-state index < -0.39 is 14.9 Å². The summed E-state index contributed by atoms with van der Waals surface area (Å²) in [5.41, 5.74) is 14.4. The first-order valence-electron chi connectivity index (χ1n) is 10.8. The van der Waals surface area contributed by atoms with Crippen molar-refractivity contribution in [2.75, 3.05) is 51.3 Å². The van der Waals surface area contributed by atoms with Crippen molar-refractivity contribution in [1.29, 1.82) is 0 Å². The van der Waals surface area contributed by atoms with Crippen LogP contribution in [0.3, 0.4) is 0 Å². The van der Waals surface area contributed by atoms with Crippen LogP contribution in [0.2, 0.25) is 0 Å². The average molecular weight is 637 g/mol. The Labute approximate surface area is 222 Å². The van der Waals surface area contributed by atoms with E-state index >= 15 is 0 Å². The standard InChI is InChI=1S/C12H18NO3P.C10H12INO2.C2H6OP/c1-4-16-12(14)8-9-5-6-10(13)11(7-9)17(2,3)15;1-2-14-10(13)6-7-3-4-9(12)8(11)5-7;1-4(2)3/h5-7H,4,8,13H2,1-3H3;3-5H,2,6,12H2,1H3;1-2H3/q;;+1. The Morgan fingerprint density at radius 2 is 1.29 bits per heavy atom. The lowest BCUT2D eigenvalue weighted by Gasteiger charge is -2.12. The number of carbonyl (C=O) groups excluding carboxylic acids is 2. The Bertz CT molecular complexity index is 1050. The van der Waals surface area contributed by atoms with E-state index in [1.807, 2.05) is 12.1 Å². The van der Waals surface area contributed by atoms with Crippen LogP contribution in [0.4, 0.5) is 11.4 Å². The second kappa shape index (κ2) is 16.7. The average Bonchev–Trinajstić information content (AvgIpc) is 2.72. The zero-order valence-corrected chi connectivity index (χ0v) is 25.1. The number of nitrogens with two attached hydrogens (primary N) is 2. The summed E-state index contributed by atoms with van der Waals surface area (Å²) in [7, 11) is -3.29. The Hall–Kier alpha value is -1.96. The molecule has 0 radical (unpaired) electrons. The van der Waals surface area contributed by atoms with E-state index in [0.29, 0.717) is 30.6 Å². The van der Waals surface area contributed by atoms with Gasteiger partial charge in [-0.15, -0.1) is 0 Å². The third-order valence-electron chi connectivity index (χ3n) is 4.05. The van der Waals surface area contributed by atoms with Crippen LogP contribution in [-0.4, -0.2) is 51.8 Å². The molecule has 0 saturated heterocycles. The molecule has 0 unspecified atom stereocenters. The first-order valence-corrected chi connectivity index (χ1v) is 16.7. The molecular formula is C24H36IN2O6P2+. The van der Waals surface area contributed by atoms with Gasteiger partial charge in [0.15, 0.2) is 0 Å². The van der Waals surface area contributed by atoms with Crippen molar-refractivity contribution in [2.45, 2.75) is 26.7 Å². The van der Waals surface area contributed by atoms with Gasteiger partial charge < -0.3 is 25.5 Å². The summed E-state index contributed by atoms with van der Waals surface area (Å²) in [6.07, 6.45) is 0.491. The minimum Gasteiger partial charge on any atom is -0.466 e. The van der Waals surface area contributed by atoms with Crippen molar-refractivity contribution >= 4 is 66.2 Å². The molecule has 11 heteroatoms. The molecule has 2 aromatic rings. The molecule has 0 aliphatic rings.